The highest BCUT2D eigenvalue weighted by atomic mass is 16.5. The summed E-state index contributed by atoms with van der Waals surface area (Å²) in [7, 11) is 0. The van der Waals surface area contributed by atoms with Crippen molar-refractivity contribution in [2.75, 3.05) is 19.7 Å². The molecule has 21 heavy (non-hydrogen) atoms. The van der Waals surface area contributed by atoms with Gasteiger partial charge in [-0.05, 0) is 23.8 Å². The van der Waals surface area contributed by atoms with E-state index >= 15 is 0 Å². The average Bonchev–Trinajstić information content (AvgIpc) is 3.01. The average molecular weight is 282 g/mol. The van der Waals surface area contributed by atoms with Crippen LogP contribution < -0.4 is 0 Å². The van der Waals surface area contributed by atoms with Crippen molar-refractivity contribution in [3.8, 4) is 6.07 Å². The Balaban J connectivity index is 1.56. The van der Waals surface area contributed by atoms with Gasteiger partial charge in [-0.25, -0.2) is 0 Å². The number of benzene rings is 1. The van der Waals surface area contributed by atoms with Crippen molar-refractivity contribution in [1.29, 1.82) is 5.26 Å². The largest absolute Gasteiger partial charge is 0.374 e. The molecule has 1 unspecified atom stereocenters. The van der Waals surface area contributed by atoms with Crippen molar-refractivity contribution < 1.29 is 4.74 Å². The highest BCUT2D eigenvalue weighted by Crippen LogP contribution is 2.12. The van der Waals surface area contributed by atoms with Crippen LogP contribution in [0.25, 0.3) is 0 Å². The van der Waals surface area contributed by atoms with Crippen LogP contribution in [0.2, 0.25) is 0 Å². The first-order valence-electron chi connectivity index (χ1n) is 7.14. The predicted octanol–water partition coefficient (Wildman–Crippen LogP) is 1.66. The van der Waals surface area contributed by atoms with Gasteiger partial charge in [-0.3, -0.25) is 9.58 Å². The Labute approximate surface area is 124 Å². The molecule has 1 aromatic carbocycles. The summed E-state index contributed by atoms with van der Waals surface area (Å²) in [6.07, 6.45) is 3.93. The Hall–Kier alpha value is -2.16. The van der Waals surface area contributed by atoms with Crippen LogP contribution in [0.1, 0.15) is 11.1 Å². The minimum absolute atomic E-state index is 0.178. The zero-order chi connectivity index (χ0) is 14.5. The minimum atomic E-state index is 0.178. The fourth-order valence-electron chi connectivity index (χ4n) is 2.59. The standard InChI is InChI=1S/C16H18N4O/c17-10-14-2-4-15(5-3-14)11-19-8-9-21-16(12-19)13-20-7-1-6-18-20/h1-7,16H,8-9,11-13H2. The van der Waals surface area contributed by atoms with Crippen LogP contribution in [-0.2, 0) is 17.8 Å². The number of rotatable bonds is 4. The third-order valence-corrected chi connectivity index (χ3v) is 3.66. The van der Waals surface area contributed by atoms with Gasteiger partial charge >= 0.3 is 0 Å². The van der Waals surface area contributed by atoms with Crippen LogP contribution in [0.5, 0.6) is 0 Å². The molecule has 1 saturated heterocycles. The second kappa shape index (κ2) is 6.53. The Morgan fingerprint density at radius 3 is 2.90 bits per heavy atom. The third-order valence-electron chi connectivity index (χ3n) is 3.66. The lowest BCUT2D eigenvalue weighted by Gasteiger charge is -2.32. The molecule has 0 amide bonds. The first kappa shape index (κ1) is 13.8. The van der Waals surface area contributed by atoms with Crippen molar-refractivity contribution in [1.82, 2.24) is 14.7 Å². The summed E-state index contributed by atoms with van der Waals surface area (Å²) in [6, 6.07) is 11.9. The highest BCUT2D eigenvalue weighted by molar-refractivity contribution is 5.31. The van der Waals surface area contributed by atoms with Crippen LogP contribution in [-0.4, -0.2) is 40.5 Å². The third kappa shape index (κ3) is 3.69. The van der Waals surface area contributed by atoms with Gasteiger partial charge in [0.15, 0.2) is 0 Å². The Morgan fingerprint density at radius 2 is 2.19 bits per heavy atom. The van der Waals surface area contributed by atoms with Crippen LogP contribution in [0.3, 0.4) is 0 Å². The first-order chi connectivity index (χ1) is 10.3. The SMILES string of the molecule is N#Cc1ccc(CN2CCOC(Cn3cccn3)C2)cc1. The quantitative estimate of drug-likeness (QED) is 0.855. The molecule has 2 aromatic rings. The summed E-state index contributed by atoms with van der Waals surface area (Å²) in [5.41, 5.74) is 1.94. The molecule has 1 aromatic heterocycles. The van der Waals surface area contributed by atoms with E-state index in [1.165, 1.54) is 5.56 Å². The molecule has 5 nitrogen and oxygen atoms in total. The second-order valence-corrected chi connectivity index (χ2v) is 5.26. The van der Waals surface area contributed by atoms with Crippen LogP contribution in [0, 0.1) is 11.3 Å². The smallest absolute Gasteiger partial charge is 0.0991 e. The van der Waals surface area contributed by atoms with Gasteiger partial charge < -0.3 is 4.74 Å². The minimum Gasteiger partial charge on any atom is -0.374 e. The van der Waals surface area contributed by atoms with E-state index in [0.717, 1.165) is 32.8 Å². The lowest BCUT2D eigenvalue weighted by molar-refractivity contribution is -0.0402. The molecule has 0 saturated carbocycles. The summed E-state index contributed by atoms with van der Waals surface area (Å²) < 4.78 is 7.72. The molecule has 1 aliphatic heterocycles. The van der Waals surface area contributed by atoms with Crippen LogP contribution in [0.15, 0.2) is 42.7 Å². The van der Waals surface area contributed by atoms with Gasteiger partial charge in [0.05, 0.1) is 30.9 Å². The van der Waals surface area contributed by atoms with Gasteiger partial charge in [0, 0.05) is 32.0 Å². The maximum absolute atomic E-state index is 8.82. The molecule has 1 aliphatic rings. The van der Waals surface area contributed by atoms with Gasteiger partial charge in [0.1, 0.15) is 0 Å². The van der Waals surface area contributed by atoms with E-state index in [4.69, 9.17) is 10.00 Å². The molecule has 0 bridgehead atoms. The van der Waals surface area contributed by atoms with E-state index in [2.05, 4.69) is 16.1 Å². The lowest BCUT2D eigenvalue weighted by Crippen LogP contribution is -2.43. The monoisotopic (exact) mass is 282 g/mol. The van der Waals surface area contributed by atoms with Gasteiger partial charge in [0.25, 0.3) is 0 Å². The van der Waals surface area contributed by atoms with E-state index in [0.29, 0.717) is 5.56 Å². The van der Waals surface area contributed by atoms with Crippen molar-refractivity contribution in [3.63, 3.8) is 0 Å². The summed E-state index contributed by atoms with van der Waals surface area (Å²) >= 11 is 0. The number of hydrogen-bond donors (Lipinski definition) is 0. The molecule has 1 atom stereocenters. The molecule has 0 N–H and O–H groups in total. The van der Waals surface area contributed by atoms with Crippen LogP contribution in [0.4, 0.5) is 0 Å². The Kier molecular flexibility index (Phi) is 4.29. The number of aromatic nitrogens is 2. The molecular formula is C16H18N4O. The van der Waals surface area contributed by atoms with Gasteiger partial charge in [-0.1, -0.05) is 12.1 Å². The Bertz CT molecular complexity index is 600. The van der Waals surface area contributed by atoms with Crippen molar-refractivity contribution in [3.05, 3.63) is 53.9 Å². The van der Waals surface area contributed by atoms with Gasteiger partial charge in [0.2, 0.25) is 0 Å². The maximum atomic E-state index is 8.82. The van der Waals surface area contributed by atoms with E-state index in [-0.39, 0.29) is 6.10 Å². The van der Waals surface area contributed by atoms with E-state index in [9.17, 15) is 0 Å². The fourth-order valence-corrected chi connectivity index (χ4v) is 2.59. The molecule has 0 spiro atoms. The summed E-state index contributed by atoms with van der Waals surface area (Å²) in [4.78, 5) is 2.39. The lowest BCUT2D eigenvalue weighted by atomic mass is 10.1. The zero-order valence-electron chi connectivity index (χ0n) is 11.9. The fraction of sp³-hybridized carbons (Fsp3) is 0.375. The maximum Gasteiger partial charge on any atom is 0.0991 e. The Morgan fingerprint density at radius 1 is 1.33 bits per heavy atom. The molecule has 0 radical (unpaired) electrons. The molecule has 3 rings (SSSR count). The van der Waals surface area contributed by atoms with Crippen molar-refractivity contribution in [2.24, 2.45) is 0 Å². The number of nitriles is 1. The number of hydrogen-bond acceptors (Lipinski definition) is 4. The zero-order valence-corrected chi connectivity index (χ0v) is 11.9. The molecular weight excluding hydrogens is 264 g/mol. The van der Waals surface area contributed by atoms with Crippen molar-refractivity contribution in [2.45, 2.75) is 19.2 Å². The first-order valence-corrected chi connectivity index (χ1v) is 7.14. The van der Waals surface area contributed by atoms with E-state index in [1.54, 1.807) is 6.20 Å². The van der Waals surface area contributed by atoms with E-state index in [1.807, 2.05) is 41.2 Å². The molecule has 0 aliphatic carbocycles. The number of nitrogens with zero attached hydrogens (tertiary/aromatic N) is 4. The topological polar surface area (TPSA) is 54.1 Å². The highest BCUT2D eigenvalue weighted by Gasteiger charge is 2.20. The van der Waals surface area contributed by atoms with Crippen molar-refractivity contribution >= 4 is 0 Å². The number of ether oxygens (including phenoxy) is 1. The summed E-state index contributed by atoms with van der Waals surface area (Å²) in [6.45, 7) is 4.28. The normalized spacial score (nSPS) is 19.3. The number of morpholine rings is 1. The van der Waals surface area contributed by atoms with Gasteiger partial charge in [-0.2, -0.15) is 10.4 Å². The van der Waals surface area contributed by atoms with Crippen LogP contribution >= 0.6 is 0 Å². The molecule has 1 fully saturated rings. The molecule has 5 heteroatoms. The van der Waals surface area contributed by atoms with Gasteiger partial charge in [-0.15, -0.1) is 0 Å². The summed E-state index contributed by atoms with van der Waals surface area (Å²) in [5.74, 6) is 0. The molecule has 2 heterocycles. The second-order valence-electron chi connectivity index (χ2n) is 5.26. The summed E-state index contributed by atoms with van der Waals surface area (Å²) in [5, 5.41) is 13.0. The predicted molar refractivity (Wildman–Crippen MR) is 78.4 cm³/mol. The molecule has 108 valence electrons. The van der Waals surface area contributed by atoms with E-state index < -0.39 is 0 Å².